The monoisotopic (exact) mass is 396 g/mol. The number of hydrogen-bond acceptors (Lipinski definition) is 4. The van der Waals surface area contributed by atoms with Gasteiger partial charge in [-0.2, -0.15) is 0 Å². The zero-order chi connectivity index (χ0) is 21.2. The van der Waals surface area contributed by atoms with Crippen LogP contribution in [0.5, 0.6) is 0 Å². The van der Waals surface area contributed by atoms with Crippen molar-refractivity contribution in [3.63, 3.8) is 0 Å². The molecule has 0 aromatic heterocycles. The summed E-state index contributed by atoms with van der Waals surface area (Å²) in [5, 5.41) is 12.7. The molecule has 152 valence electrons. The Morgan fingerprint density at radius 3 is 2.28 bits per heavy atom. The van der Waals surface area contributed by atoms with Crippen LogP contribution in [0.25, 0.3) is 0 Å². The Kier molecular flexibility index (Phi) is 5.59. The highest BCUT2D eigenvalue weighted by atomic mass is 16.5. The average molecular weight is 396 g/mol. The molecule has 7 heteroatoms. The van der Waals surface area contributed by atoms with Gasteiger partial charge in [-0.15, -0.1) is 0 Å². The predicted octanol–water partition coefficient (Wildman–Crippen LogP) is 3.61. The molecule has 1 fully saturated rings. The number of ether oxygens (including phenoxy) is 1. The number of anilines is 1. The summed E-state index contributed by atoms with van der Waals surface area (Å²) < 4.78 is 4.94. The lowest BCUT2D eigenvalue weighted by molar-refractivity contribution is -0.147. The minimum atomic E-state index is -1.58. The van der Waals surface area contributed by atoms with Crippen LogP contribution in [0.15, 0.2) is 54.6 Å². The number of carbonyl (C=O) groups is 3. The van der Waals surface area contributed by atoms with Crippen molar-refractivity contribution in [1.29, 1.82) is 0 Å². The molecule has 3 unspecified atom stereocenters. The van der Waals surface area contributed by atoms with Gasteiger partial charge >= 0.3 is 18.0 Å². The van der Waals surface area contributed by atoms with E-state index in [4.69, 9.17) is 4.74 Å². The number of urea groups is 1. The van der Waals surface area contributed by atoms with E-state index in [0.717, 1.165) is 5.56 Å². The number of esters is 1. The van der Waals surface area contributed by atoms with Crippen molar-refractivity contribution in [2.75, 3.05) is 12.4 Å². The van der Waals surface area contributed by atoms with E-state index >= 15 is 0 Å². The highest BCUT2D eigenvalue weighted by molar-refractivity contribution is 5.96. The number of nitrogens with zero attached hydrogens (tertiary/aromatic N) is 1. The van der Waals surface area contributed by atoms with Crippen LogP contribution in [0.4, 0.5) is 10.5 Å². The van der Waals surface area contributed by atoms with Crippen molar-refractivity contribution < 1.29 is 24.2 Å². The minimum Gasteiger partial charge on any atom is -0.480 e. The summed E-state index contributed by atoms with van der Waals surface area (Å²) >= 11 is 0. The second-order valence-corrected chi connectivity index (χ2v) is 7.43. The van der Waals surface area contributed by atoms with Crippen molar-refractivity contribution in [1.82, 2.24) is 4.90 Å². The molecular formula is C22H24N2O5. The fourth-order valence-electron chi connectivity index (χ4n) is 3.88. The Bertz CT molecular complexity index is 913. The van der Waals surface area contributed by atoms with Gasteiger partial charge in [0.2, 0.25) is 0 Å². The zero-order valence-corrected chi connectivity index (χ0v) is 16.6. The molecule has 2 aromatic rings. The maximum Gasteiger partial charge on any atom is 0.329 e. The molecule has 0 saturated carbocycles. The van der Waals surface area contributed by atoms with E-state index in [1.54, 1.807) is 24.3 Å². The van der Waals surface area contributed by atoms with Crippen LogP contribution in [-0.4, -0.2) is 40.6 Å². The van der Waals surface area contributed by atoms with Crippen LogP contribution in [0.3, 0.4) is 0 Å². The highest BCUT2D eigenvalue weighted by Crippen LogP contribution is 2.47. The van der Waals surface area contributed by atoms with E-state index in [2.05, 4.69) is 5.32 Å². The fraction of sp³-hybridized carbons (Fsp3) is 0.318. The van der Waals surface area contributed by atoms with Crippen molar-refractivity contribution in [2.45, 2.75) is 31.8 Å². The van der Waals surface area contributed by atoms with Gasteiger partial charge in [-0.25, -0.2) is 9.59 Å². The molecule has 0 spiro atoms. The molecule has 1 saturated heterocycles. The molecular weight excluding hydrogens is 372 g/mol. The highest BCUT2D eigenvalue weighted by Gasteiger charge is 2.58. The lowest BCUT2D eigenvalue weighted by Gasteiger charge is -2.35. The van der Waals surface area contributed by atoms with Gasteiger partial charge in [-0.1, -0.05) is 48.0 Å². The third-order valence-corrected chi connectivity index (χ3v) is 5.44. The molecule has 29 heavy (non-hydrogen) atoms. The Hall–Kier alpha value is -3.35. The van der Waals surface area contributed by atoms with E-state index in [9.17, 15) is 19.5 Å². The molecule has 1 aliphatic rings. The van der Waals surface area contributed by atoms with Crippen LogP contribution in [0.1, 0.15) is 30.5 Å². The zero-order valence-electron chi connectivity index (χ0n) is 16.6. The number of para-hydroxylation sites is 1. The van der Waals surface area contributed by atoms with Gasteiger partial charge in [0.25, 0.3) is 0 Å². The first kappa shape index (κ1) is 20.4. The SMILES string of the molecule is COC(=O)C1CC(C)(C(=O)O)N(C(=O)Nc2ccccc2)C1c1ccc(C)cc1. The molecule has 0 aliphatic carbocycles. The van der Waals surface area contributed by atoms with E-state index in [0.29, 0.717) is 11.3 Å². The summed E-state index contributed by atoms with van der Waals surface area (Å²) in [6, 6.07) is 14.8. The topological polar surface area (TPSA) is 95.9 Å². The molecule has 2 N–H and O–H groups in total. The number of methoxy groups -OCH3 is 1. The number of aliphatic carboxylic acids is 1. The quantitative estimate of drug-likeness (QED) is 0.770. The van der Waals surface area contributed by atoms with Crippen molar-refractivity contribution in [3.05, 3.63) is 65.7 Å². The number of aryl methyl sites for hydroxylation is 1. The fourth-order valence-corrected chi connectivity index (χ4v) is 3.88. The lowest BCUT2D eigenvalue weighted by Crippen LogP contribution is -2.53. The Balaban J connectivity index is 2.08. The van der Waals surface area contributed by atoms with Crippen LogP contribution in [0, 0.1) is 12.8 Å². The minimum absolute atomic E-state index is 0.0459. The largest absolute Gasteiger partial charge is 0.480 e. The van der Waals surface area contributed by atoms with Gasteiger partial charge in [0, 0.05) is 5.69 Å². The molecule has 2 amide bonds. The Labute approximate surface area is 169 Å². The molecule has 1 aliphatic heterocycles. The van der Waals surface area contributed by atoms with Crippen LogP contribution < -0.4 is 5.32 Å². The van der Waals surface area contributed by atoms with Crippen LogP contribution in [-0.2, 0) is 14.3 Å². The number of nitrogens with one attached hydrogen (secondary N) is 1. The lowest BCUT2D eigenvalue weighted by atomic mass is 9.90. The predicted molar refractivity (Wildman–Crippen MR) is 107 cm³/mol. The number of carboxylic acids is 1. The van der Waals surface area contributed by atoms with E-state index in [1.165, 1.54) is 18.9 Å². The third kappa shape index (κ3) is 3.81. The average Bonchev–Trinajstić information content (AvgIpc) is 3.03. The normalized spacial score (nSPS) is 23.5. The summed E-state index contributed by atoms with van der Waals surface area (Å²) in [5.41, 5.74) is 0.657. The second kappa shape index (κ2) is 7.95. The van der Waals surface area contributed by atoms with Gasteiger partial charge in [-0.3, -0.25) is 4.79 Å². The number of hydrogen-bond donors (Lipinski definition) is 2. The van der Waals surface area contributed by atoms with Crippen molar-refractivity contribution in [2.24, 2.45) is 5.92 Å². The summed E-state index contributed by atoms with van der Waals surface area (Å²) in [4.78, 5) is 39.2. The molecule has 7 nitrogen and oxygen atoms in total. The van der Waals surface area contributed by atoms with Crippen molar-refractivity contribution >= 4 is 23.7 Å². The molecule has 0 radical (unpaired) electrons. The number of rotatable bonds is 4. The summed E-state index contributed by atoms with van der Waals surface area (Å²) in [6.07, 6.45) is -0.0459. The van der Waals surface area contributed by atoms with Crippen molar-refractivity contribution in [3.8, 4) is 0 Å². The smallest absolute Gasteiger partial charge is 0.329 e. The van der Waals surface area contributed by atoms with E-state index in [-0.39, 0.29) is 6.42 Å². The first-order valence-electron chi connectivity index (χ1n) is 9.31. The van der Waals surface area contributed by atoms with Gasteiger partial charge < -0.3 is 20.1 Å². The number of amides is 2. The molecule has 3 atom stereocenters. The first-order chi connectivity index (χ1) is 13.8. The number of carboxylic acid groups (broad SMARTS) is 1. The Morgan fingerprint density at radius 1 is 1.10 bits per heavy atom. The van der Waals surface area contributed by atoms with Crippen LogP contribution in [0.2, 0.25) is 0 Å². The van der Waals surface area contributed by atoms with Gasteiger partial charge in [0.05, 0.1) is 19.1 Å². The summed E-state index contributed by atoms with van der Waals surface area (Å²) in [5.74, 6) is -2.52. The number of carbonyl (C=O) groups excluding carboxylic acids is 2. The second-order valence-electron chi connectivity index (χ2n) is 7.43. The standard InChI is InChI=1S/C22H24N2O5/c1-14-9-11-15(12-10-14)18-17(19(25)29-3)13-22(2,20(26)27)24(18)21(28)23-16-7-5-4-6-8-16/h4-12,17-18H,13H2,1-3H3,(H,23,28)(H,26,27). The molecule has 1 heterocycles. The van der Waals surface area contributed by atoms with Gasteiger partial charge in [-0.05, 0) is 38.0 Å². The molecule has 2 aromatic carbocycles. The number of likely N-dealkylation sites (tertiary alicyclic amines) is 1. The maximum atomic E-state index is 13.2. The van der Waals surface area contributed by atoms with E-state index < -0.39 is 35.5 Å². The van der Waals surface area contributed by atoms with E-state index in [1.807, 2.05) is 37.3 Å². The van der Waals surface area contributed by atoms with Crippen LogP contribution >= 0.6 is 0 Å². The third-order valence-electron chi connectivity index (χ3n) is 5.44. The van der Waals surface area contributed by atoms with Gasteiger partial charge in [0.15, 0.2) is 0 Å². The first-order valence-corrected chi connectivity index (χ1v) is 9.31. The molecule has 0 bridgehead atoms. The summed E-state index contributed by atoms with van der Waals surface area (Å²) in [7, 11) is 1.26. The Morgan fingerprint density at radius 2 is 1.72 bits per heavy atom. The molecule has 3 rings (SSSR count). The van der Waals surface area contributed by atoms with Gasteiger partial charge in [0.1, 0.15) is 5.54 Å². The summed E-state index contributed by atoms with van der Waals surface area (Å²) in [6.45, 7) is 3.39. The number of benzene rings is 2. The maximum absolute atomic E-state index is 13.2.